The summed E-state index contributed by atoms with van der Waals surface area (Å²) < 4.78 is 0. The smallest absolute Gasteiger partial charge is 0.152 e. The van der Waals surface area contributed by atoms with Crippen LogP contribution in [0.1, 0.15) is 64.7 Å². The van der Waals surface area contributed by atoms with Gasteiger partial charge in [0.05, 0.1) is 5.54 Å². The zero-order chi connectivity index (χ0) is 12.8. The van der Waals surface area contributed by atoms with Crippen molar-refractivity contribution in [2.24, 2.45) is 29.4 Å². The number of fused-ring (bicyclic) bond motifs is 2. The van der Waals surface area contributed by atoms with Gasteiger partial charge in [0.15, 0.2) is 5.78 Å². The van der Waals surface area contributed by atoms with Gasteiger partial charge in [-0.05, 0) is 55.8 Å². The lowest BCUT2D eigenvalue weighted by atomic mass is 9.71. The summed E-state index contributed by atoms with van der Waals surface area (Å²) in [6.45, 7) is 2.24. The Morgan fingerprint density at radius 2 is 2.11 bits per heavy atom. The standard InChI is InChI=1S/C16H27NO/c1-11-3-2-6-16(17,10-11)15(18)9-14-8-12-4-5-13(14)7-12/h11-14H,2-10,17H2,1H3. The minimum Gasteiger partial charge on any atom is -0.319 e. The maximum absolute atomic E-state index is 12.6. The van der Waals surface area contributed by atoms with Crippen molar-refractivity contribution in [1.29, 1.82) is 0 Å². The third kappa shape index (κ3) is 2.24. The van der Waals surface area contributed by atoms with Crippen LogP contribution in [-0.2, 0) is 4.79 Å². The SMILES string of the molecule is CC1CCCC(N)(C(=O)CC2CC3CCC2C3)C1. The van der Waals surface area contributed by atoms with Crippen molar-refractivity contribution < 1.29 is 4.79 Å². The molecule has 2 bridgehead atoms. The van der Waals surface area contributed by atoms with E-state index in [9.17, 15) is 4.79 Å². The molecule has 3 aliphatic rings. The number of hydrogen-bond donors (Lipinski definition) is 1. The predicted molar refractivity (Wildman–Crippen MR) is 73.1 cm³/mol. The van der Waals surface area contributed by atoms with Gasteiger partial charge < -0.3 is 5.73 Å². The lowest BCUT2D eigenvalue weighted by molar-refractivity contribution is -0.127. The third-order valence-corrected chi connectivity index (χ3v) is 5.92. The molecule has 0 aromatic heterocycles. The molecule has 0 spiro atoms. The van der Waals surface area contributed by atoms with Gasteiger partial charge in [-0.25, -0.2) is 0 Å². The van der Waals surface area contributed by atoms with Gasteiger partial charge in [-0.3, -0.25) is 4.79 Å². The van der Waals surface area contributed by atoms with E-state index in [4.69, 9.17) is 5.73 Å². The Morgan fingerprint density at radius 1 is 1.28 bits per heavy atom. The van der Waals surface area contributed by atoms with E-state index in [1.165, 1.54) is 32.1 Å². The van der Waals surface area contributed by atoms with Crippen molar-refractivity contribution in [3.8, 4) is 0 Å². The van der Waals surface area contributed by atoms with E-state index in [1.807, 2.05) is 0 Å². The Bertz CT molecular complexity index is 340. The monoisotopic (exact) mass is 249 g/mol. The Hall–Kier alpha value is -0.370. The number of carbonyl (C=O) groups is 1. The van der Waals surface area contributed by atoms with Gasteiger partial charge in [0.2, 0.25) is 0 Å². The normalized spacial score (nSPS) is 47.4. The molecule has 0 saturated heterocycles. The largest absolute Gasteiger partial charge is 0.319 e. The van der Waals surface area contributed by atoms with Crippen LogP contribution in [-0.4, -0.2) is 11.3 Å². The van der Waals surface area contributed by atoms with Crippen LogP contribution < -0.4 is 5.73 Å². The summed E-state index contributed by atoms with van der Waals surface area (Å²) in [5.41, 5.74) is 5.95. The van der Waals surface area contributed by atoms with Crippen LogP contribution in [0.15, 0.2) is 0 Å². The maximum atomic E-state index is 12.6. The fraction of sp³-hybridized carbons (Fsp3) is 0.938. The van der Waals surface area contributed by atoms with E-state index in [2.05, 4.69) is 6.92 Å². The Morgan fingerprint density at radius 3 is 2.72 bits per heavy atom. The first kappa shape index (κ1) is 12.7. The Kier molecular flexibility index (Phi) is 3.25. The van der Waals surface area contributed by atoms with Gasteiger partial charge in [0.25, 0.3) is 0 Å². The minimum absolute atomic E-state index is 0.381. The second-order valence-corrected chi connectivity index (χ2v) is 7.42. The van der Waals surface area contributed by atoms with Gasteiger partial charge in [-0.2, -0.15) is 0 Å². The topological polar surface area (TPSA) is 43.1 Å². The zero-order valence-corrected chi connectivity index (χ0v) is 11.7. The molecule has 3 rings (SSSR count). The van der Waals surface area contributed by atoms with Crippen molar-refractivity contribution in [2.75, 3.05) is 0 Å². The average Bonchev–Trinajstić information content (AvgIpc) is 2.90. The van der Waals surface area contributed by atoms with Crippen molar-refractivity contribution >= 4 is 5.78 Å². The first-order valence-electron chi connectivity index (χ1n) is 7.89. The van der Waals surface area contributed by atoms with Crippen LogP contribution in [0.5, 0.6) is 0 Å². The lowest BCUT2D eigenvalue weighted by Gasteiger charge is -2.36. The fourth-order valence-corrected chi connectivity index (χ4v) is 4.91. The van der Waals surface area contributed by atoms with Crippen LogP contribution in [0, 0.1) is 23.7 Å². The molecule has 5 atom stereocenters. The van der Waals surface area contributed by atoms with Gasteiger partial charge in [-0.15, -0.1) is 0 Å². The maximum Gasteiger partial charge on any atom is 0.152 e. The summed E-state index contributed by atoms with van der Waals surface area (Å²) in [5.74, 6) is 3.48. The highest BCUT2D eigenvalue weighted by Gasteiger charge is 2.44. The molecule has 102 valence electrons. The molecule has 5 unspecified atom stereocenters. The summed E-state index contributed by atoms with van der Waals surface area (Å²) in [4.78, 5) is 12.6. The second kappa shape index (κ2) is 4.63. The highest BCUT2D eigenvalue weighted by atomic mass is 16.1. The predicted octanol–water partition coefficient (Wildman–Crippen LogP) is 3.29. The van der Waals surface area contributed by atoms with Crippen molar-refractivity contribution in [3.63, 3.8) is 0 Å². The van der Waals surface area contributed by atoms with Crippen LogP contribution in [0.2, 0.25) is 0 Å². The van der Waals surface area contributed by atoms with E-state index in [0.717, 1.165) is 37.5 Å². The van der Waals surface area contributed by atoms with E-state index in [-0.39, 0.29) is 0 Å². The lowest BCUT2D eigenvalue weighted by Crippen LogP contribution is -2.51. The van der Waals surface area contributed by atoms with E-state index < -0.39 is 5.54 Å². The van der Waals surface area contributed by atoms with Gasteiger partial charge in [0.1, 0.15) is 0 Å². The van der Waals surface area contributed by atoms with E-state index in [0.29, 0.717) is 17.6 Å². The molecule has 0 aromatic rings. The molecule has 18 heavy (non-hydrogen) atoms. The fourth-order valence-electron chi connectivity index (χ4n) is 4.91. The Balaban J connectivity index is 1.60. The number of hydrogen-bond acceptors (Lipinski definition) is 2. The molecule has 0 aromatic carbocycles. The highest BCUT2D eigenvalue weighted by molar-refractivity contribution is 5.88. The molecule has 3 aliphatic carbocycles. The van der Waals surface area contributed by atoms with E-state index >= 15 is 0 Å². The van der Waals surface area contributed by atoms with Crippen LogP contribution >= 0.6 is 0 Å². The van der Waals surface area contributed by atoms with Gasteiger partial charge in [0, 0.05) is 6.42 Å². The average molecular weight is 249 g/mol. The summed E-state index contributed by atoms with van der Waals surface area (Å²) in [6.07, 6.45) is 10.5. The highest BCUT2D eigenvalue weighted by Crippen LogP contribution is 2.50. The molecule has 0 aliphatic heterocycles. The zero-order valence-electron chi connectivity index (χ0n) is 11.7. The molecule has 0 heterocycles. The molecular formula is C16H27NO. The number of nitrogens with two attached hydrogens (primary N) is 1. The van der Waals surface area contributed by atoms with Crippen molar-refractivity contribution in [1.82, 2.24) is 0 Å². The molecule has 2 heteroatoms. The molecule has 3 fully saturated rings. The van der Waals surface area contributed by atoms with E-state index in [1.54, 1.807) is 0 Å². The first-order chi connectivity index (χ1) is 8.57. The molecule has 0 amide bonds. The molecule has 2 N–H and O–H groups in total. The van der Waals surface area contributed by atoms with Gasteiger partial charge >= 0.3 is 0 Å². The van der Waals surface area contributed by atoms with Crippen LogP contribution in [0.25, 0.3) is 0 Å². The summed E-state index contributed by atoms with van der Waals surface area (Å²) in [5, 5.41) is 0. The van der Waals surface area contributed by atoms with Crippen LogP contribution in [0.3, 0.4) is 0 Å². The summed E-state index contributed by atoms with van der Waals surface area (Å²) >= 11 is 0. The summed E-state index contributed by atoms with van der Waals surface area (Å²) in [6, 6.07) is 0. The first-order valence-corrected chi connectivity index (χ1v) is 7.89. The molecule has 2 nitrogen and oxygen atoms in total. The minimum atomic E-state index is -0.473. The van der Waals surface area contributed by atoms with Crippen molar-refractivity contribution in [3.05, 3.63) is 0 Å². The molecule has 3 saturated carbocycles. The second-order valence-electron chi connectivity index (χ2n) is 7.42. The number of carbonyl (C=O) groups excluding carboxylic acids is 1. The molecule has 0 radical (unpaired) electrons. The Labute approximate surface area is 111 Å². The van der Waals surface area contributed by atoms with Crippen molar-refractivity contribution in [2.45, 2.75) is 70.3 Å². The quantitative estimate of drug-likeness (QED) is 0.834. The molecular weight excluding hydrogens is 222 g/mol. The van der Waals surface area contributed by atoms with Crippen LogP contribution in [0.4, 0.5) is 0 Å². The number of rotatable bonds is 3. The van der Waals surface area contributed by atoms with Gasteiger partial charge in [-0.1, -0.05) is 26.2 Å². The summed E-state index contributed by atoms with van der Waals surface area (Å²) in [7, 11) is 0. The number of Topliss-reactive ketones (excluding diaryl/α,β-unsaturated/α-hetero) is 1. The third-order valence-electron chi connectivity index (χ3n) is 5.92. The number of ketones is 1.